The third kappa shape index (κ3) is 3.87. The van der Waals surface area contributed by atoms with E-state index in [9.17, 15) is 9.90 Å². The van der Waals surface area contributed by atoms with Gasteiger partial charge in [0.25, 0.3) is 5.56 Å². The second-order valence-corrected chi connectivity index (χ2v) is 10.3. The summed E-state index contributed by atoms with van der Waals surface area (Å²) in [5, 5.41) is 10.7. The molecule has 0 amide bonds. The molecule has 0 bridgehead atoms. The lowest BCUT2D eigenvalue weighted by atomic mass is 9.83. The Labute approximate surface area is 216 Å². The zero-order chi connectivity index (χ0) is 24.8. The van der Waals surface area contributed by atoms with Gasteiger partial charge in [0.2, 0.25) is 0 Å². The number of aryl methyl sites for hydroxylation is 1. The number of aromatic nitrogens is 1. The van der Waals surface area contributed by atoms with Crippen LogP contribution in [-0.2, 0) is 6.42 Å². The Balaban J connectivity index is 1.58. The van der Waals surface area contributed by atoms with Gasteiger partial charge in [0.1, 0.15) is 0 Å². The Morgan fingerprint density at radius 2 is 1.94 bits per heavy atom. The molecule has 0 saturated carbocycles. The third-order valence-electron chi connectivity index (χ3n) is 6.64. The van der Waals surface area contributed by atoms with Gasteiger partial charge in [-0.3, -0.25) is 9.36 Å². The Bertz CT molecular complexity index is 1700. The minimum absolute atomic E-state index is 0.0736. The molecule has 5 nitrogen and oxygen atoms in total. The van der Waals surface area contributed by atoms with Gasteiger partial charge in [0.15, 0.2) is 16.3 Å². The Kier molecular flexibility index (Phi) is 5.78. The summed E-state index contributed by atoms with van der Waals surface area (Å²) in [6.07, 6.45) is 3.58. The lowest BCUT2D eigenvalue weighted by Crippen LogP contribution is -2.38. The number of benzene rings is 3. The van der Waals surface area contributed by atoms with Crippen molar-refractivity contribution in [3.05, 3.63) is 119 Å². The Morgan fingerprint density at radius 3 is 2.75 bits per heavy atom. The third-order valence-corrected chi connectivity index (χ3v) is 7.88. The van der Waals surface area contributed by atoms with Crippen LogP contribution in [0.5, 0.6) is 11.5 Å². The average Bonchev–Trinajstić information content (AvgIpc) is 3.20. The molecule has 0 radical (unpaired) electrons. The number of nitrogens with zero attached hydrogens (tertiary/aromatic N) is 2. The molecule has 7 heteroatoms. The number of allylic oxidation sites excluding steroid dienone is 1. The molecule has 1 aromatic heterocycles. The molecule has 4 aromatic rings. The van der Waals surface area contributed by atoms with Crippen molar-refractivity contribution in [3.8, 4) is 11.5 Å². The van der Waals surface area contributed by atoms with Crippen molar-refractivity contribution in [1.29, 1.82) is 0 Å². The predicted molar refractivity (Wildman–Crippen MR) is 143 cm³/mol. The molecule has 2 heterocycles. The van der Waals surface area contributed by atoms with E-state index in [4.69, 9.17) is 21.3 Å². The van der Waals surface area contributed by atoms with Crippen LogP contribution in [0.2, 0.25) is 5.02 Å². The van der Waals surface area contributed by atoms with Crippen LogP contribution in [0.4, 0.5) is 0 Å². The van der Waals surface area contributed by atoms with E-state index >= 15 is 0 Å². The molecular formula is C29H23ClN2O3S. The first-order valence-electron chi connectivity index (χ1n) is 11.9. The number of thiazole rings is 1. The highest BCUT2D eigenvalue weighted by Crippen LogP contribution is 2.41. The van der Waals surface area contributed by atoms with Gasteiger partial charge in [0, 0.05) is 10.6 Å². The number of hydrogen-bond donors (Lipinski definition) is 1. The maximum atomic E-state index is 13.8. The summed E-state index contributed by atoms with van der Waals surface area (Å²) in [5.41, 5.74) is 6.23. The summed E-state index contributed by atoms with van der Waals surface area (Å²) in [4.78, 5) is 19.5. The molecule has 1 N–H and O–H groups in total. The van der Waals surface area contributed by atoms with E-state index < -0.39 is 0 Å². The molecule has 1 aliphatic carbocycles. The number of hydrogen-bond acceptors (Lipinski definition) is 5. The van der Waals surface area contributed by atoms with Gasteiger partial charge in [-0.2, -0.15) is 0 Å². The SMILES string of the molecule is CCOc1cc(/C=c2/sc3n(c2=O)[C@H](c2ccc(Cl)cc2)C2=C(N=3)c3ccccc3CC2)ccc1O. The lowest BCUT2D eigenvalue weighted by Gasteiger charge is -2.30. The maximum absolute atomic E-state index is 13.8. The molecule has 1 aliphatic heterocycles. The molecule has 1 atom stereocenters. The fraction of sp³-hybridized carbons (Fsp3) is 0.172. The van der Waals surface area contributed by atoms with Gasteiger partial charge < -0.3 is 9.84 Å². The lowest BCUT2D eigenvalue weighted by molar-refractivity contribution is 0.318. The molecule has 36 heavy (non-hydrogen) atoms. The summed E-state index contributed by atoms with van der Waals surface area (Å²) < 4.78 is 7.92. The van der Waals surface area contributed by atoms with Gasteiger partial charge >= 0.3 is 0 Å². The standard InChI is InChI=1S/C29H23ClN2O3S/c1-2-35-24-15-17(7-14-23(24)33)16-25-28(34)32-27(19-8-11-20(30)12-9-19)22-13-10-18-5-3-4-6-21(18)26(22)31-29(32)36-25/h3-9,11-12,14-16,27,33H,2,10,13H2,1H3/b25-16+/t27-/m1/s1. The molecule has 2 aliphatic rings. The number of fused-ring (bicyclic) bond motifs is 3. The zero-order valence-corrected chi connectivity index (χ0v) is 21.1. The second-order valence-electron chi connectivity index (χ2n) is 8.83. The van der Waals surface area contributed by atoms with Crippen LogP contribution in [-0.4, -0.2) is 16.3 Å². The van der Waals surface area contributed by atoms with E-state index in [-0.39, 0.29) is 17.4 Å². The number of ether oxygens (including phenoxy) is 1. The second kappa shape index (κ2) is 9.12. The maximum Gasteiger partial charge on any atom is 0.271 e. The minimum atomic E-state index is -0.247. The smallest absolute Gasteiger partial charge is 0.271 e. The molecule has 180 valence electrons. The number of phenolic OH excluding ortho intramolecular Hbond substituents is 1. The first kappa shape index (κ1) is 22.8. The summed E-state index contributed by atoms with van der Waals surface area (Å²) in [6.45, 7) is 2.30. The van der Waals surface area contributed by atoms with E-state index in [2.05, 4.69) is 18.2 Å². The van der Waals surface area contributed by atoms with Crippen molar-refractivity contribution in [2.45, 2.75) is 25.8 Å². The van der Waals surface area contributed by atoms with E-state index in [1.54, 1.807) is 18.2 Å². The number of halogens is 1. The van der Waals surface area contributed by atoms with Gasteiger partial charge in [-0.05, 0) is 72.4 Å². The van der Waals surface area contributed by atoms with Gasteiger partial charge in [-0.25, -0.2) is 4.99 Å². The Morgan fingerprint density at radius 1 is 1.14 bits per heavy atom. The molecule has 0 spiro atoms. The van der Waals surface area contributed by atoms with Crippen LogP contribution < -0.4 is 19.6 Å². The Hall–Kier alpha value is -3.61. The van der Waals surface area contributed by atoms with E-state index in [0.29, 0.717) is 26.7 Å². The van der Waals surface area contributed by atoms with Crippen molar-refractivity contribution < 1.29 is 9.84 Å². The van der Waals surface area contributed by atoms with Gasteiger partial charge in [0.05, 0.1) is 22.9 Å². The number of rotatable bonds is 4. The molecule has 3 aromatic carbocycles. The van der Waals surface area contributed by atoms with Crippen molar-refractivity contribution in [2.75, 3.05) is 6.61 Å². The fourth-order valence-electron chi connectivity index (χ4n) is 5.01. The minimum Gasteiger partial charge on any atom is -0.504 e. The van der Waals surface area contributed by atoms with Crippen molar-refractivity contribution >= 4 is 34.7 Å². The van der Waals surface area contributed by atoms with Crippen molar-refractivity contribution in [2.24, 2.45) is 4.99 Å². The fourth-order valence-corrected chi connectivity index (χ4v) is 6.14. The van der Waals surface area contributed by atoms with E-state index in [1.807, 2.05) is 47.9 Å². The van der Waals surface area contributed by atoms with Gasteiger partial charge in [-0.1, -0.05) is 65.4 Å². The normalized spacial score (nSPS) is 16.7. The molecule has 0 saturated heterocycles. The molecule has 6 rings (SSSR count). The van der Waals surface area contributed by atoms with Crippen molar-refractivity contribution in [3.63, 3.8) is 0 Å². The topological polar surface area (TPSA) is 63.8 Å². The summed E-state index contributed by atoms with van der Waals surface area (Å²) in [5.74, 6) is 0.467. The summed E-state index contributed by atoms with van der Waals surface area (Å²) in [6, 6.07) is 21.0. The van der Waals surface area contributed by atoms with Gasteiger partial charge in [-0.15, -0.1) is 0 Å². The van der Waals surface area contributed by atoms with Crippen LogP contribution in [0.1, 0.15) is 41.6 Å². The molecular weight excluding hydrogens is 492 g/mol. The first-order valence-corrected chi connectivity index (χ1v) is 13.1. The highest BCUT2D eigenvalue weighted by molar-refractivity contribution is 7.07. The number of phenols is 1. The highest BCUT2D eigenvalue weighted by atomic mass is 35.5. The first-order chi connectivity index (χ1) is 17.5. The average molecular weight is 515 g/mol. The van der Waals surface area contributed by atoms with E-state index in [0.717, 1.165) is 40.8 Å². The van der Waals surface area contributed by atoms with Crippen molar-refractivity contribution in [1.82, 2.24) is 4.57 Å². The van der Waals surface area contributed by atoms with Crippen LogP contribution >= 0.6 is 22.9 Å². The largest absolute Gasteiger partial charge is 0.504 e. The molecule has 0 unspecified atom stereocenters. The predicted octanol–water partition coefficient (Wildman–Crippen LogP) is 5.08. The quantitative estimate of drug-likeness (QED) is 0.413. The summed E-state index contributed by atoms with van der Waals surface area (Å²) >= 11 is 7.57. The number of aromatic hydroxyl groups is 1. The highest BCUT2D eigenvalue weighted by Gasteiger charge is 2.32. The summed E-state index contributed by atoms with van der Waals surface area (Å²) in [7, 11) is 0. The van der Waals surface area contributed by atoms with E-state index in [1.165, 1.54) is 16.9 Å². The van der Waals surface area contributed by atoms with Crippen LogP contribution in [0.25, 0.3) is 11.8 Å². The van der Waals surface area contributed by atoms with Crippen LogP contribution in [0.15, 0.2) is 82.1 Å². The monoisotopic (exact) mass is 514 g/mol. The van der Waals surface area contributed by atoms with Crippen LogP contribution in [0.3, 0.4) is 0 Å². The van der Waals surface area contributed by atoms with Crippen LogP contribution in [0, 0.1) is 0 Å². The molecule has 0 fully saturated rings. The zero-order valence-electron chi connectivity index (χ0n) is 19.6.